The molecule has 104 valence electrons. The second-order valence-electron chi connectivity index (χ2n) is 3.97. The van der Waals surface area contributed by atoms with Gasteiger partial charge in [0, 0.05) is 11.6 Å². The lowest BCUT2D eigenvalue weighted by Crippen LogP contribution is -2.27. The van der Waals surface area contributed by atoms with Crippen molar-refractivity contribution in [1.29, 1.82) is 0 Å². The van der Waals surface area contributed by atoms with E-state index in [1.54, 1.807) is 12.3 Å². The number of amides is 1. The molecule has 0 aromatic carbocycles. The van der Waals surface area contributed by atoms with E-state index >= 15 is 0 Å². The molecule has 1 N–H and O–H groups in total. The molecule has 2 aromatic rings. The standard InChI is InChI=1S/C13H13N3O3S/c1-8(12-14-6-7-20-12)15-11(17)9-4-3-5-10(16-9)13(18)19-2/h3-8H,1-2H3,(H,15,17). The minimum atomic E-state index is -0.576. The third-order valence-electron chi connectivity index (χ3n) is 2.55. The molecule has 20 heavy (non-hydrogen) atoms. The number of ether oxygens (including phenoxy) is 1. The highest BCUT2D eigenvalue weighted by molar-refractivity contribution is 7.09. The molecule has 0 bridgehead atoms. The summed E-state index contributed by atoms with van der Waals surface area (Å²) < 4.78 is 4.57. The van der Waals surface area contributed by atoms with Crippen molar-refractivity contribution in [3.05, 3.63) is 46.2 Å². The normalized spacial score (nSPS) is 11.7. The molecule has 2 heterocycles. The first kappa shape index (κ1) is 14.1. The van der Waals surface area contributed by atoms with E-state index in [2.05, 4.69) is 20.0 Å². The van der Waals surface area contributed by atoms with Crippen molar-refractivity contribution >= 4 is 23.2 Å². The van der Waals surface area contributed by atoms with E-state index in [0.717, 1.165) is 5.01 Å². The van der Waals surface area contributed by atoms with Gasteiger partial charge in [-0.3, -0.25) is 4.79 Å². The Kier molecular flexibility index (Phi) is 4.41. The van der Waals surface area contributed by atoms with Gasteiger partial charge in [-0.15, -0.1) is 11.3 Å². The third kappa shape index (κ3) is 3.18. The Morgan fingerprint density at radius 1 is 1.35 bits per heavy atom. The van der Waals surface area contributed by atoms with Crippen molar-refractivity contribution in [3.8, 4) is 0 Å². The number of methoxy groups -OCH3 is 1. The molecule has 1 amide bonds. The Labute approximate surface area is 119 Å². The highest BCUT2D eigenvalue weighted by atomic mass is 32.1. The van der Waals surface area contributed by atoms with Crippen LogP contribution >= 0.6 is 11.3 Å². The number of esters is 1. The molecule has 6 nitrogen and oxygen atoms in total. The van der Waals surface area contributed by atoms with E-state index in [1.165, 1.54) is 30.6 Å². The van der Waals surface area contributed by atoms with E-state index in [1.807, 2.05) is 12.3 Å². The number of hydrogen-bond acceptors (Lipinski definition) is 6. The van der Waals surface area contributed by atoms with Gasteiger partial charge in [0.15, 0.2) is 0 Å². The quantitative estimate of drug-likeness (QED) is 0.869. The molecule has 0 aliphatic carbocycles. The molecular formula is C13H13N3O3S. The van der Waals surface area contributed by atoms with Crippen LogP contribution in [0.1, 0.15) is 39.0 Å². The summed E-state index contributed by atoms with van der Waals surface area (Å²) in [6.07, 6.45) is 1.68. The monoisotopic (exact) mass is 291 g/mol. The van der Waals surface area contributed by atoms with E-state index < -0.39 is 5.97 Å². The summed E-state index contributed by atoms with van der Waals surface area (Å²) in [5.41, 5.74) is 0.262. The Balaban J connectivity index is 2.11. The van der Waals surface area contributed by atoms with Gasteiger partial charge in [0.1, 0.15) is 16.4 Å². The second-order valence-corrected chi connectivity index (χ2v) is 4.89. The maximum atomic E-state index is 12.1. The minimum absolute atomic E-state index is 0.0991. The Hall–Kier alpha value is -2.28. The van der Waals surface area contributed by atoms with Crippen LogP contribution in [0.3, 0.4) is 0 Å². The lowest BCUT2D eigenvalue weighted by molar-refractivity contribution is 0.0594. The van der Waals surface area contributed by atoms with Gasteiger partial charge >= 0.3 is 5.97 Å². The highest BCUT2D eigenvalue weighted by Gasteiger charge is 2.16. The smallest absolute Gasteiger partial charge is 0.356 e. The van der Waals surface area contributed by atoms with Crippen LogP contribution in [0.25, 0.3) is 0 Å². The molecule has 0 saturated carbocycles. The number of pyridine rings is 1. The first-order valence-electron chi connectivity index (χ1n) is 5.87. The molecule has 1 unspecified atom stereocenters. The fourth-order valence-corrected chi connectivity index (χ4v) is 2.21. The lowest BCUT2D eigenvalue weighted by Gasteiger charge is -2.11. The Morgan fingerprint density at radius 2 is 2.10 bits per heavy atom. The fourth-order valence-electron chi connectivity index (χ4n) is 1.56. The van der Waals surface area contributed by atoms with Crippen LogP contribution in [0.5, 0.6) is 0 Å². The first-order valence-corrected chi connectivity index (χ1v) is 6.75. The zero-order valence-electron chi connectivity index (χ0n) is 11.0. The summed E-state index contributed by atoms with van der Waals surface area (Å²) in [5.74, 6) is -0.939. The average molecular weight is 291 g/mol. The van der Waals surface area contributed by atoms with Gasteiger partial charge in [0.2, 0.25) is 0 Å². The van der Waals surface area contributed by atoms with Crippen molar-refractivity contribution in [1.82, 2.24) is 15.3 Å². The van der Waals surface area contributed by atoms with Gasteiger partial charge < -0.3 is 10.1 Å². The van der Waals surface area contributed by atoms with Crippen molar-refractivity contribution in [2.45, 2.75) is 13.0 Å². The molecule has 0 aliphatic rings. The number of nitrogens with one attached hydrogen (secondary N) is 1. The molecule has 2 aromatic heterocycles. The van der Waals surface area contributed by atoms with Crippen LogP contribution in [0.4, 0.5) is 0 Å². The van der Waals surface area contributed by atoms with Gasteiger partial charge in [-0.05, 0) is 19.1 Å². The molecule has 0 radical (unpaired) electrons. The highest BCUT2D eigenvalue weighted by Crippen LogP contribution is 2.15. The van der Waals surface area contributed by atoms with Crippen molar-refractivity contribution in [2.24, 2.45) is 0 Å². The van der Waals surface area contributed by atoms with Crippen LogP contribution in [0, 0.1) is 0 Å². The Morgan fingerprint density at radius 3 is 2.75 bits per heavy atom. The third-order valence-corrected chi connectivity index (χ3v) is 3.50. The molecule has 7 heteroatoms. The second kappa shape index (κ2) is 6.25. The van der Waals surface area contributed by atoms with Crippen LogP contribution in [-0.2, 0) is 4.74 Å². The van der Waals surface area contributed by atoms with Crippen molar-refractivity contribution in [2.75, 3.05) is 7.11 Å². The van der Waals surface area contributed by atoms with E-state index in [0.29, 0.717) is 0 Å². The Bertz CT molecular complexity index is 613. The number of aromatic nitrogens is 2. The van der Waals surface area contributed by atoms with Gasteiger partial charge in [-0.2, -0.15) is 0 Å². The molecule has 0 saturated heterocycles. The summed E-state index contributed by atoms with van der Waals surface area (Å²) in [6, 6.07) is 4.40. The summed E-state index contributed by atoms with van der Waals surface area (Å²) in [6.45, 7) is 1.83. The largest absolute Gasteiger partial charge is 0.464 e. The van der Waals surface area contributed by atoms with Gasteiger partial charge in [0.05, 0.1) is 13.2 Å². The molecule has 1 atom stereocenters. The zero-order valence-corrected chi connectivity index (χ0v) is 11.8. The number of rotatable bonds is 4. The average Bonchev–Trinajstić information content (AvgIpc) is 3.00. The summed E-state index contributed by atoms with van der Waals surface area (Å²) in [4.78, 5) is 31.5. The number of carbonyl (C=O) groups excluding carboxylic acids is 2. The lowest BCUT2D eigenvalue weighted by atomic mass is 10.2. The molecular weight excluding hydrogens is 278 g/mol. The van der Waals surface area contributed by atoms with Crippen LogP contribution in [0.15, 0.2) is 29.8 Å². The number of carbonyl (C=O) groups is 2. The minimum Gasteiger partial charge on any atom is -0.464 e. The van der Waals surface area contributed by atoms with E-state index in [4.69, 9.17) is 0 Å². The van der Waals surface area contributed by atoms with Crippen molar-refractivity contribution in [3.63, 3.8) is 0 Å². The van der Waals surface area contributed by atoms with E-state index in [9.17, 15) is 9.59 Å². The number of thiazole rings is 1. The fraction of sp³-hybridized carbons (Fsp3) is 0.231. The maximum absolute atomic E-state index is 12.1. The predicted molar refractivity (Wildman–Crippen MR) is 73.6 cm³/mol. The first-order chi connectivity index (χ1) is 9.61. The van der Waals surface area contributed by atoms with Crippen molar-refractivity contribution < 1.29 is 14.3 Å². The number of hydrogen-bond donors (Lipinski definition) is 1. The molecule has 0 spiro atoms. The van der Waals surface area contributed by atoms with Crippen LogP contribution in [0.2, 0.25) is 0 Å². The number of nitrogens with zero attached hydrogens (tertiary/aromatic N) is 2. The van der Waals surface area contributed by atoms with Gasteiger partial charge in [0.25, 0.3) is 5.91 Å². The van der Waals surface area contributed by atoms with Crippen LogP contribution in [-0.4, -0.2) is 29.0 Å². The summed E-state index contributed by atoms with van der Waals surface area (Å²) >= 11 is 1.46. The summed E-state index contributed by atoms with van der Waals surface area (Å²) in [7, 11) is 1.27. The SMILES string of the molecule is COC(=O)c1cccc(C(=O)NC(C)c2nccs2)n1. The molecule has 0 aliphatic heterocycles. The molecule has 0 fully saturated rings. The van der Waals surface area contributed by atoms with E-state index in [-0.39, 0.29) is 23.3 Å². The zero-order chi connectivity index (χ0) is 14.5. The van der Waals surface area contributed by atoms with Crippen LogP contribution < -0.4 is 5.32 Å². The topological polar surface area (TPSA) is 81.2 Å². The van der Waals surface area contributed by atoms with Gasteiger partial charge in [-0.1, -0.05) is 6.07 Å². The summed E-state index contributed by atoms with van der Waals surface area (Å²) in [5, 5.41) is 5.43. The maximum Gasteiger partial charge on any atom is 0.356 e. The van der Waals surface area contributed by atoms with Gasteiger partial charge in [-0.25, -0.2) is 14.8 Å². The predicted octanol–water partition coefficient (Wildman–Crippen LogP) is 1.82. The molecule has 2 rings (SSSR count).